The fraction of sp³-hybridized carbons (Fsp3) is 0.600. The summed E-state index contributed by atoms with van der Waals surface area (Å²) in [6.45, 7) is 4.86. The second-order valence-corrected chi connectivity index (χ2v) is 10.6. The molecule has 8 nitrogen and oxygen atoms in total. The molecule has 0 saturated carbocycles. The summed E-state index contributed by atoms with van der Waals surface area (Å²) in [7, 11) is 1.99. The van der Waals surface area contributed by atoms with Crippen molar-refractivity contribution < 1.29 is 37.0 Å². The smallest absolute Gasteiger partial charge is 0.417 e. The molecule has 4 saturated heterocycles. The molecule has 5 rings (SSSR count). The summed E-state index contributed by atoms with van der Waals surface area (Å²) in [4.78, 5) is 43.1. The number of anilines is 1. The molecule has 2 bridgehead atoms. The number of nitrogens with zero attached hydrogens (tertiary/aromatic N) is 3. The van der Waals surface area contributed by atoms with Gasteiger partial charge in [0.05, 0.1) is 51.8 Å². The number of likely N-dealkylation sites (tertiary alicyclic amines) is 1. The van der Waals surface area contributed by atoms with Crippen molar-refractivity contribution in [2.45, 2.75) is 56.6 Å². The van der Waals surface area contributed by atoms with E-state index >= 15 is 0 Å². The van der Waals surface area contributed by atoms with Crippen LogP contribution in [0.15, 0.2) is 18.2 Å². The first-order chi connectivity index (χ1) is 16.8. The highest BCUT2D eigenvalue weighted by molar-refractivity contribution is 6.23. The maximum atomic E-state index is 13.6. The number of amides is 2. The number of alkyl halides is 3. The van der Waals surface area contributed by atoms with E-state index < -0.39 is 64.0 Å². The maximum Gasteiger partial charge on any atom is 0.417 e. The molecule has 1 aromatic rings. The Labute approximate surface area is 205 Å². The molecule has 0 radical (unpaired) electrons. The third-order valence-electron chi connectivity index (χ3n) is 8.26. The van der Waals surface area contributed by atoms with E-state index in [0.29, 0.717) is 18.9 Å². The van der Waals surface area contributed by atoms with Gasteiger partial charge in [-0.05, 0) is 58.4 Å². The van der Waals surface area contributed by atoms with Gasteiger partial charge < -0.3 is 14.4 Å². The van der Waals surface area contributed by atoms with E-state index in [1.54, 1.807) is 13.8 Å². The van der Waals surface area contributed by atoms with Crippen LogP contribution in [-0.4, -0.2) is 60.1 Å². The zero-order chi connectivity index (χ0) is 26.2. The largest absolute Gasteiger partial charge is 0.462 e. The lowest BCUT2D eigenvalue weighted by molar-refractivity contribution is -0.163. The van der Waals surface area contributed by atoms with E-state index in [4.69, 9.17) is 14.7 Å². The summed E-state index contributed by atoms with van der Waals surface area (Å²) in [6, 6.07) is 4.24. The van der Waals surface area contributed by atoms with Crippen LogP contribution in [-0.2, 0) is 30.0 Å². The van der Waals surface area contributed by atoms with E-state index in [2.05, 4.69) is 4.90 Å². The first kappa shape index (κ1) is 24.7. The molecule has 0 N–H and O–H groups in total. The highest BCUT2D eigenvalue weighted by atomic mass is 19.4. The number of esters is 1. The van der Waals surface area contributed by atoms with Crippen molar-refractivity contribution in [1.82, 2.24) is 4.90 Å². The van der Waals surface area contributed by atoms with Gasteiger partial charge in [0.2, 0.25) is 11.8 Å². The molecule has 0 aliphatic carbocycles. The van der Waals surface area contributed by atoms with Gasteiger partial charge >= 0.3 is 12.1 Å². The average molecular weight is 505 g/mol. The molecule has 4 fully saturated rings. The van der Waals surface area contributed by atoms with Crippen LogP contribution in [0.4, 0.5) is 18.9 Å². The summed E-state index contributed by atoms with van der Waals surface area (Å²) in [5.41, 5.74) is -4.57. The van der Waals surface area contributed by atoms with Crippen LogP contribution in [0.1, 0.15) is 44.2 Å². The SMILES string of the molecule is CN1CCC(OC(=O)[C@@H]2C[C@]3(C)O[C@@]2(C)[C@@H]2C(=O)N(c4ccc(C#N)c(C(F)(F)F)c4)C(=O)[C@@H]23)CC1. The summed E-state index contributed by atoms with van der Waals surface area (Å²) >= 11 is 0. The van der Waals surface area contributed by atoms with E-state index in [-0.39, 0.29) is 18.2 Å². The molecule has 4 heterocycles. The first-order valence-corrected chi connectivity index (χ1v) is 11.9. The molecule has 192 valence electrons. The standard InChI is InChI=1S/C25H26F3N3O5/c1-23-11-17(22(34)35-15-6-8-30(3)9-7-15)24(2,36-23)19-18(23)20(32)31(21(19)33)14-5-4-13(12-29)16(10-14)25(26,27)28/h4-5,10,15,17-19H,6-9,11H2,1-3H3/t17-,18+,19-,23-,24+/m0/s1. The van der Waals surface area contributed by atoms with Gasteiger partial charge in [0.15, 0.2) is 0 Å². The first-order valence-electron chi connectivity index (χ1n) is 11.9. The van der Waals surface area contributed by atoms with Crippen molar-refractivity contribution in [2.24, 2.45) is 17.8 Å². The number of hydrogen-bond donors (Lipinski definition) is 0. The topological polar surface area (TPSA) is 99.9 Å². The lowest BCUT2D eigenvalue weighted by Gasteiger charge is -2.35. The minimum atomic E-state index is -4.84. The number of carbonyl (C=O) groups is 3. The minimum absolute atomic E-state index is 0.171. The molecule has 2 amide bonds. The second kappa shape index (κ2) is 8.02. The van der Waals surface area contributed by atoms with Gasteiger partial charge in [-0.1, -0.05) is 0 Å². The van der Waals surface area contributed by atoms with E-state index in [9.17, 15) is 27.6 Å². The van der Waals surface area contributed by atoms with Crippen LogP contribution in [0.2, 0.25) is 0 Å². The van der Waals surface area contributed by atoms with Gasteiger partial charge in [-0.15, -0.1) is 0 Å². The van der Waals surface area contributed by atoms with E-state index in [0.717, 1.165) is 30.1 Å². The van der Waals surface area contributed by atoms with E-state index in [1.165, 1.54) is 6.07 Å². The van der Waals surface area contributed by atoms with Gasteiger partial charge in [-0.25, -0.2) is 4.90 Å². The van der Waals surface area contributed by atoms with Gasteiger partial charge in [-0.2, -0.15) is 18.4 Å². The number of nitriles is 1. The van der Waals surface area contributed by atoms with Gasteiger partial charge in [-0.3, -0.25) is 14.4 Å². The molecule has 1 aromatic carbocycles. The Morgan fingerprint density at radius 3 is 2.42 bits per heavy atom. The third kappa shape index (κ3) is 3.53. The molecular weight excluding hydrogens is 479 g/mol. The Kier molecular flexibility index (Phi) is 5.50. The van der Waals surface area contributed by atoms with Crippen LogP contribution in [0.25, 0.3) is 0 Å². The fourth-order valence-corrected chi connectivity index (χ4v) is 6.48. The lowest BCUT2D eigenvalue weighted by atomic mass is 9.64. The minimum Gasteiger partial charge on any atom is -0.462 e. The van der Waals surface area contributed by atoms with Gasteiger partial charge in [0.1, 0.15) is 6.10 Å². The zero-order valence-electron chi connectivity index (χ0n) is 20.1. The molecule has 0 aromatic heterocycles. The Morgan fingerprint density at radius 2 is 1.81 bits per heavy atom. The van der Waals surface area contributed by atoms with Crippen molar-refractivity contribution in [3.05, 3.63) is 29.3 Å². The van der Waals surface area contributed by atoms with Crippen molar-refractivity contribution in [1.29, 1.82) is 5.26 Å². The molecule has 5 atom stereocenters. The number of benzene rings is 1. The number of carbonyl (C=O) groups excluding carboxylic acids is 3. The lowest BCUT2D eigenvalue weighted by Crippen LogP contribution is -2.50. The molecule has 36 heavy (non-hydrogen) atoms. The van der Waals surface area contributed by atoms with Gasteiger partial charge in [0.25, 0.3) is 0 Å². The molecule has 4 aliphatic heterocycles. The molecule has 0 unspecified atom stereocenters. The van der Waals surface area contributed by atoms with E-state index in [1.807, 2.05) is 7.05 Å². The van der Waals surface area contributed by atoms with Crippen LogP contribution >= 0.6 is 0 Å². The number of rotatable bonds is 3. The van der Waals surface area contributed by atoms with Crippen LogP contribution in [0.3, 0.4) is 0 Å². The zero-order valence-corrected chi connectivity index (χ0v) is 20.1. The highest BCUT2D eigenvalue weighted by Crippen LogP contribution is 2.63. The molecule has 4 aliphatic rings. The number of imide groups is 1. The predicted molar refractivity (Wildman–Crippen MR) is 118 cm³/mol. The summed E-state index contributed by atoms with van der Waals surface area (Å²) in [5, 5.41) is 9.07. The quantitative estimate of drug-likeness (QED) is 0.460. The summed E-state index contributed by atoms with van der Waals surface area (Å²) < 4.78 is 52.5. The van der Waals surface area contributed by atoms with Crippen molar-refractivity contribution in [3.8, 4) is 6.07 Å². The van der Waals surface area contributed by atoms with Crippen LogP contribution < -0.4 is 4.90 Å². The summed E-state index contributed by atoms with van der Waals surface area (Å²) in [6.07, 6.45) is -3.52. The second-order valence-electron chi connectivity index (χ2n) is 10.6. The van der Waals surface area contributed by atoms with Crippen molar-refractivity contribution >= 4 is 23.5 Å². The Bertz CT molecular complexity index is 1190. The summed E-state index contributed by atoms with van der Waals surface area (Å²) in [5.74, 6) is -4.63. The number of halogens is 3. The predicted octanol–water partition coefficient (Wildman–Crippen LogP) is 2.89. The van der Waals surface area contributed by atoms with Crippen LogP contribution in [0.5, 0.6) is 0 Å². The number of hydrogen-bond acceptors (Lipinski definition) is 7. The average Bonchev–Trinajstić information content (AvgIpc) is 3.35. The van der Waals surface area contributed by atoms with Crippen molar-refractivity contribution in [2.75, 3.05) is 25.0 Å². The van der Waals surface area contributed by atoms with Gasteiger partial charge in [0, 0.05) is 13.1 Å². The molecule has 0 spiro atoms. The Hall–Kier alpha value is -2.97. The number of ether oxygens (including phenoxy) is 2. The highest BCUT2D eigenvalue weighted by Gasteiger charge is 2.77. The molecular formula is C25H26F3N3O5. The van der Waals surface area contributed by atoms with Crippen LogP contribution in [0, 0.1) is 29.1 Å². The molecule has 11 heteroatoms. The maximum absolute atomic E-state index is 13.6. The normalized spacial score (nSPS) is 34.7. The third-order valence-corrected chi connectivity index (χ3v) is 8.26. The number of fused-ring (bicyclic) bond motifs is 5. The Morgan fingerprint density at radius 1 is 1.17 bits per heavy atom. The fourth-order valence-electron chi connectivity index (χ4n) is 6.48. The monoisotopic (exact) mass is 505 g/mol. The van der Waals surface area contributed by atoms with Crippen molar-refractivity contribution in [3.63, 3.8) is 0 Å². The number of piperidine rings is 1. The Balaban J connectivity index is 1.44.